The highest BCUT2D eigenvalue weighted by Gasteiger charge is 2.18. The lowest BCUT2D eigenvalue weighted by atomic mass is 10.0. The number of methoxy groups -OCH3 is 1. The normalized spacial score (nSPS) is 14.1. The number of anilines is 2. The fraction of sp³-hybridized carbons (Fsp3) is 0.538. The van der Waals surface area contributed by atoms with Gasteiger partial charge < -0.3 is 20.9 Å². The van der Waals surface area contributed by atoms with Crippen LogP contribution >= 0.6 is 0 Å². The smallest absolute Gasteiger partial charge is 0.122 e. The third kappa shape index (κ3) is 4.53. The average molecular weight is 238 g/mol. The van der Waals surface area contributed by atoms with Crippen molar-refractivity contribution < 1.29 is 9.84 Å². The second-order valence-electron chi connectivity index (χ2n) is 4.60. The van der Waals surface area contributed by atoms with Crippen LogP contribution in [0.1, 0.15) is 26.7 Å². The Morgan fingerprint density at radius 2 is 2.12 bits per heavy atom. The van der Waals surface area contributed by atoms with E-state index in [1.54, 1.807) is 13.2 Å². The molecule has 1 rings (SSSR count). The van der Waals surface area contributed by atoms with Crippen molar-refractivity contribution in [1.82, 2.24) is 0 Å². The first kappa shape index (κ1) is 13.6. The lowest BCUT2D eigenvalue weighted by molar-refractivity contribution is 0.0637. The van der Waals surface area contributed by atoms with Gasteiger partial charge in [-0.1, -0.05) is 13.3 Å². The van der Waals surface area contributed by atoms with Crippen molar-refractivity contribution in [2.75, 3.05) is 24.7 Å². The number of benzene rings is 1. The summed E-state index contributed by atoms with van der Waals surface area (Å²) in [6, 6.07) is 5.44. The van der Waals surface area contributed by atoms with Crippen molar-refractivity contribution in [2.24, 2.45) is 0 Å². The van der Waals surface area contributed by atoms with Gasteiger partial charge in [0.15, 0.2) is 0 Å². The van der Waals surface area contributed by atoms with Gasteiger partial charge in [0.1, 0.15) is 5.75 Å². The van der Waals surface area contributed by atoms with E-state index in [2.05, 4.69) is 12.2 Å². The van der Waals surface area contributed by atoms with E-state index in [1.807, 2.05) is 19.1 Å². The van der Waals surface area contributed by atoms with Gasteiger partial charge in [-0.2, -0.15) is 0 Å². The number of hydrogen-bond acceptors (Lipinski definition) is 4. The second-order valence-corrected chi connectivity index (χ2v) is 4.60. The molecule has 1 aromatic rings. The molecule has 0 aromatic heterocycles. The van der Waals surface area contributed by atoms with Crippen molar-refractivity contribution in [2.45, 2.75) is 32.3 Å². The van der Waals surface area contributed by atoms with Crippen LogP contribution in [-0.2, 0) is 0 Å². The quantitative estimate of drug-likeness (QED) is 0.665. The zero-order valence-electron chi connectivity index (χ0n) is 10.8. The summed E-state index contributed by atoms with van der Waals surface area (Å²) in [4.78, 5) is 0. The van der Waals surface area contributed by atoms with Gasteiger partial charge in [-0.05, 0) is 19.4 Å². The molecule has 17 heavy (non-hydrogen) atoms. The van der Waals surface area contributed by atoms with Crippen molar-refractivity contribution in [3.63, 3.8) is 0 Å². The highest BCUT2D eigenvalue weighted by molar-refractivity contribution is 5.59. The average Bonchev–Trinajstić information content (AvgIpc) is 2.26. The molecule has 4 heteroatoms. The van der Waals surface area contributed by atoms with Gasteiger partial charge >= 0.3 is 0 Å². The maximum Gasteiger partial charge on any atom is 0.122 e. The topological polar surface area (TPSA) is 67.5 Å². The second kappa shape index (κ2) is 5.77. The van der Waals surface area contributed by atoms with Crippen molar-refractivity contribution in [1.29, 1.82) is 0 Å². The zero-order valence-corrected chi connectivity index (χ0v) is 10.8. The number of ether oxygens (including phenoxy) is 1. The molecule has 0 saturated heterocycles. The van der Waals surface area contributed by atoms with E-state index in [1.165, 1.54) is 0 Å². The first-order valence-corrected chi connectivity index (χ1v) is 5.87. The molecule has 0 amide bonds. The summed E-state index contributed by atoms with van der Waals surface area (Å²) in [5.41, 5.74) is 6.55. The van der Waals surface area contributed by atoms with E-state index in [-0.39, 0.29) is 0 Å². The van der Waals surface area contributed by atoms with Gasteiger partial charge in [0.05, 0.1) is 12.7 Å². The van der Waals surface area contributed by atoms with Crippen LogP contribution in [-0.4, -0.2) is 24.4 Å². The molecule has 4 N–H and O–H groups in total. The Morgan fingerprint density at radius 3 is 2.71 bits per heavy atom. The molecule has 96 valence electrons. The molecule has 0 aliphatic heterocycles. The lowest BCUT2D eigenvalue weighted by Gasteiger charge is -2.23. The molecule has 0 spiro atoms. The summed E-state index contributed by atoms with van der Waals surface area (Å²) in [6.07, 6.45) is 1.72. The van der Waals surface area contributed by atoms with Crippen LogP contribution in [0.3, 0.4) is 0 Å². The third-order valence-corrected chi connectivity index (χ3v) is 2.63. The van der Waals surface area contributed by atoms with Crippen LogP contribution < -0.4 is 15.8 Å². The number of nitrogens with two attached hydrogens (primary N) is 1. The fourth-order valence-electron chi connectivity index (χ4n) is 1.76. The number of nitrogens with one attached hydrogen (secondary N) is 1. The Labute approximate surface area is 103 Å². The Balaban J connectivity index is 2.65. The predicted molar refractivity (Wildman–Crippen MR) is 71.4 cm³/mol. The molecule has 0 radical (unpaired) electrons. The monoisotopic (exact) mass is 238 g/mol. The van der Waals surface area contributed by atoms with Crippen LogP contribution in [0.4, 0.5) is 11.4 Å². The zero-order chi connectivity index (χ0) is 12.9. The molecular weight excluding hydrogens is 216 g/mol. The molecule has 1 atom stereocenters. The number of hydrogen-bond donors (Lipinski definition) is 3. The van der Waals surface area contributed by atoms with Crippen LogP contribution in [0, 0.1) is 0 Å². The molecule has 0 saturated carbocycles. The molecule has 1 unspecified atom stereocenters. The van der Waals surface area contributed by atoms with Crippen molar-refractivity contribution in [3.8, 4) is 5.75 Å². The van der Waals surface area contributed by atoms with Crippen LogP contribution in [0.2, 0.25) is 0 Å². The minimum absolute atomic E-state index is 0.493. The number of nitrogen functional groups attached to an aromatic ring is 1. The number of rotatable bonds is 6. The molecular formula is C13H22N2O2. The largest absolute Gasteiger partial charge is 0.497 e. The summed E-state index contributed by atoms with van der Waals surface area (Å²) < 4.78 is 5.13. The van der Waals surface area contributed by atoms with E-state index < -0.39 is 5.60 Å². The summed E-state index contributed by atoms with van der Waals surface area (Å²) in [6.45, 7) is 4.37. The van der Waals surface area contributed by atoms with E-state index in [9.17, 15) is 5.11 Å². The van der Waals surface area contributed by atoms with Gasteiger partial charge in [0, 0.05) is 30.1 Å². The van der Waals surface area contributed by atoms with Crippen LogP contribution in [0.5, 0.6) is 5.75 Å². The van der Waals surface area contributed by atoms with E-state index >= 15 is 0 Å². The van der Waals surface area contributed by atoms with Gasteiger partial charge in [-0.3, -0.25) is 0 Å². The molecule has 0 aliphatic carbocycles. The summed E-state index contributed by atoms with van der Waals surface area (Å²) in [5, 5.41) is 13.2. The Hall–Kier alpha value is -1.42. The summed E-state index contributed by atoms with van der Waals surface area (Å²) in [5.74, 6) is 0.711. The standard InChI is InChI=1S/C13H22N2O2/c1-4-5-13(2,16)9-15-11-6-10(14)7-12(8-11)17-3/h6-8,15-16H,4-5,9,14H2,1-3H3. The van der Waals surface area contributed by atoms with Crippen LogP contribution in [0.15, 0.2) is 18.2 Å². The fourth-order valence-corrected chi connectivity index (χ4v) is 1.76. The number of aliphatic hydroxyl groups is 1. The molecule has 0 heterocycles. The van der Waals surface area contributed by atoms with Crippen LogP contribution in [0.25, 0.3) is 0 Å². The van der Waals surface area contributed by atoms with Gasteiger partial charge in [0.2, 0.25) is 0 Å². The van der Waals surface area contributed by atoms with Gasteiger partial charge in [-0.15, -0.1) is 0 Å². The van der Waals surface area contributed by atoms with Gasteiger partial charge in [-0.25, -0.2) is 0 Å². The Morgan fingerprint density at radius 1 is 1.41 bits per heavy atom. The highest BCUT2D eigenvalue weighted by atomic mass is 16.5. The molecule has 0 aliphatic rings. The third-order valence-electron chi connectivity index (χ3n) is 2.63. The molecule has 0 bridgehead atoms. The lowest BCUT2D eigenvalue weighted by Crippen LogP contribution is -2.33. The Kier molecular flexibility index (Phi) is 4.63. The highest BCUT2D eigenvalue weighted by Crippen LogP contribution is 2.23. The summed E-state index contributed by atoms with van der Waals surface area (Å²) in [7, 11) is 1.60. The maximum absolute atomic E-state index is 10.0. The Bertz CT molecular complexity index is 364. The van der Waals surface area contributed by atoms with E-state index in [0.29, 0.717) is 18.0 Å². The maximum atomic E-state index is 10.0. The van der Waals surface area contributed by atoms with Gasteiger partial charge in [0.25, 0.3) is 0 Å². The van der Waals surface area contributed by atoms with E-state index in [4.69, 9.17) is 10.5 Å². The van der Waals surface area contributed by atoms with Crippen molar-refractivity contribution in [3.05, 3.63) is 18.2 Å². The molecule has 1 aromatic carbocycles. The minimum Gasteiger partial charge on any atom is -0.497 e. The van der Waals surface area contributed by atoms with E-state index in [0.717, 1.165) is 18.5 Å². The first-order chi connectivity index (χ1) is 7.96. The molecule has 4 nitrogen and oxygen atoms in total. The first-order valence-electron chi connectivity index (χ1n) is 5.87. The minimum atomic E-state index is -0.702. The van der Waals surface area contributed by atoms with Crippen molar-refractivity contribution >= 4 is 11.4 Å². The summed E-state index contributed by atoms with van der Waals surface area (Å²) >= 11 is 0. The molecule has 0 fully saturated rings. The SMILES string of the molecule is CCCC(C)(O)CNc1cc(N)cc(OC)c1. The predicted octanol–water partition coefficient (Wildman–Crippen LogP) is 2.24.